The molecule has 0 bridgehead atoms. The standard InChI is InChI=1S/C14H28N4/c1-5-7-15-10-13(8-12(3)4)9-14-16-11-17-18(14)6-2/h11-13,15H,5-10H2,1-4H3. The van der Waals surface area contributed by atoms with Gasteiger partial charge in [-0.25, -0.2) is 4.98 Å². The van der Waals surface area contributed by atoms with E-state index in [9.17, 15) is 0 Å². The molecule has 1 rings (SSSR count). The third kappa shape index (κ3) is 5.17. The fourth-order valence-corrected chi connectivity index (χ4v) is 2.36. The van der Waals surface area contributed by atoms with Crippen molar-refractivity contribution in [2.75, 3.05) is 13.1 Å². The SMILES string of the molecule is CCCNCC(Cc1ncnn1CC)CC(C)C. The van der Waals surface area contributed by atoms with E-state index in [0.717, 1.165) is 37.8 Å². The lowest BCUT2D eigenvalue weighted by Crippen LogP contribution is -2.27. The molecule has 1 heterocycles. The molecule has 0 spiro atoms. The Morgan fingerprint density at radius 3 is 2.72 bits per heavy atom. The van der Waals surface area contributed by atoms with Crippen LogP contribution in [0.15, 0.2) is 6.33 Å². The van der Waals surface area contributed by atoms with Crippen molar-refractivity contribution in [2.24, 2.45) is 11.8 Å². The van der Waals surface area contributed by atoms with Gasteiger partial charge in [-0.2, -0.15) is 5.10 Å². The Labute approximate surface area is 111 Å². The highest BCUT2D eigenvalue weighted by Crippen LogP contribution is 2.15. The van der Waals surface area contributed by atoms with Gasteiger partial charge in [-0.3, -0.25) is 4.68 Å². The van der Waals surface area contributed by atoms with Crippen LogP contribution in [0, 0.1) is 11.8 Å². The quantitative estimate of drug-likeness (QED) is 0.687. The van der Waals surface area contributed by atoms with Gasteiger partial charge < -0.3 is 5.32 Å². The predicted molar refractivity (Wildman–Crippen MR) is 75.5 cm³/mol. The van der Waals surface area contributed by atoms with Crippen molar-refractivity contribution in [1.29, 1.82) is 0 Å². The molecule has 104 valence electrons. The van der Waals surface area contributed by atoms with Crippen LogP contribution in [0.5, 0.6) is 0 Å². The molecule has 0 saturated carbocycles. The van der Waals surface area contributed by atoms with Crippen LogP contribution in [0.2, 0.25) is 0 Å². The van der Waals surface area contributed by atoms with Crippen LogP contribution >= 0.6 is 0 Å². The Morgan fingerprint density at radius 1 is 1.33 bits per heavy atom. The van der Waals surface area contributed by atoms with Crippen molar-refractivity contribution >= 4 is 0 Å². The highest BCUT2D eigenvalue weighted by Gasteiger charge is 2.14. The summed E-state index contributed by atoms with van der Waals surface area (Å²) < 4.78 is 2.01. The van der Waals surface area contributed by atoms with E-state index in [-0.39, 0.29) is 0 Å². The summed E-state index contributed by atoms with van der Waals surface area (Å²) in [7, 11) is 0. The molecule has 4 heteroatoms. The zero-order chi connectivity index (χ0) is 13.4. The Balaban J connectivity index is 2.54. The van der Waals surface area contributed by atoms with E-state index in [1.54, 1.807) is 6.33 Å². The van der Waals surface area contributed by atoms with Crippen molar-refractivity contribution in [3.63, 3.8) is 0 Å². The molecular formula is C14H28N4. The van der Waals surface area contributed by atoms with E-state index in [4.69, 9.17) is 0 Å². The first kappa shape index (κ1) is 15.2. The number of nitrogens with zero attached hydrogens (tertiary/aromatic N) is 3. The maximum absolute atomic E-state index is 4.39. The summed E-state index contributed by atoms with van der Waals surface area (Å²) in [6, 6.07) is 0. The summed E-state index contributed by atoms with van der Waals surface area (Å²) in [6.07, 6.45) is 5.14. The van der Waals surface area contributed by atoms with E-state index in [1.165, 1.54) is 12.8 Å². The Morgan fingerprint density at radius 2 is 2.11 bits per heavy atom. The van der Waals surface area contributed by atoms with E-state index < -0.39 is 0 Å². The summed E-state index contributed by atoms with van der Waals surface area (Å²) >= 11 is 0. The summed E-state index contributed by atoms with van der Waals surface area (Å²) in [5.41, 5.74) is 0. The first-order valence-corrected chi connectivity index (χ1v) is 7.24. The number of hydrogen-bond donors (Lipinski definition) is 1. The van der Waals surface area contributed by atoms with Crippen molar-refractivity contribution in [3.05, 3.63) is 12.2 Å². The first-order chi connectivity index (χ1) is 8.67. The third-order valence-corrected chi connectivity index (χ3v) is 3.13. The van der Waals surface area contributed by atoms with E-state index in [2.05, 4.69) is 43.1 Å². The minimum absolute atomic E-state index is 0.658. The van der Waals surface area contributed by atoms with E-state index >= 15 is 0 Å². The molecule has 0 aliphatic rings. The van der Waals surface area contributed by atoms with Crippen molar-refractivity contribution in [1.82, 2.24) is 20.1 Å². The van der Waals surface area contributed by atoms with Gasteiger partial charge >= 0.3 is 0 Å². The van der Waals surface area contributed by atoms with Crippen molar-refractivity contribution < 1.29 is 0 Å². The van der Waals surface area contributed by atoms with Crippen LogP contribution in [-0.4, -0.2) is 27.9 Å². The Hall–Kier alpha value is -0.900. The second kappa shape index (κ2) is 8.25. The van der Waals surface area contributed by atoms with Crippen LogP contribution < -0.4 is 5.32 Å². The smallest absolute Gasteiger partial charge is 0.138 e. The van der Waals surface area contributed by atoms with Gasteiger partial charge in [0.25, 0.3) is 0 Å². The lowest BCUT2D eigenvalue weighted by molar-refractivity contribution is 0.373. The number of aromatic nitrogens is 3. The monoisotopic (exact) mass is 252 g/mol. The van der Waals surface area contributed by atoms with Crippen LogP contribution in [0.4, 0.5) is 0 Å². The average molecular weight is 252 g/mol. The molecule has 0 fully saturated rings. The molecule has 0 amide bonds. The molecule has 0 aliphatic heterocycles. The third-order valence-electron chi connectivity index (χ3n) is 3.13. The number of hydrogen-bond acceptors (Lipinski definition) is 3. The molecule has 0 saturated heterocycles. The molecule has 1 unspecified atom stereocenters. The highest BCUT2D eigenvalue weighted by atomic mass is 15.3. The fourth-order valence-electron chi connectivity index (χ4n) is 2.36. The lowest BCUT2D eigenvalue weighted by atomic mass is 9.93. The average Bonchev–Trinajstić information content (AvgIpc) is 2.75. The molecule has 0 aliphatic carbocycles. The summed E-state index contributed by atoms with van der Waals surface area (Å²) in [5.74, 6) is 2.52. The van der Waals surface area contributed by atoms with Gasteiger partial charge in [0, 0.05) is 13.0 Å². The fraction of sp³-hybridized carbons (Fsp3) is 0.857. The van der Waals surface area contributed by atoms with Gasteiger partial charge in [-0.05, 0) is 44.7 Å². The minimum atomic E-state index is 0.658. The molecule has 1 aromatic heterocycles. The predicted octanol–water partition coefficient (Wildman–Crippen LogP) is 2.50. The second-order valence-electron chi connectivity index (χ2n) is 5.40. The zero-order valence-corrected chi connectivity index (χ0v) is 12.3. The number of aryl methyl sites for hydroxylation is 1. The lowest BCUT2D eigenvalue weighted by Gasteiger charge is -2.19. The van der Waals surface area contributed by atoms with Crippen LogP contribution in [0.1, 0.15) is 46.4 Å². The number of nitrogens with one attached hydrogen (secondary N) is 1. The van der Waals surface area contributed by atoms with Gasteiger partial charge in [0.15, 0.2) is 0 Å². The first-order valence-electron chi connectivity index (χ1n) is 7.24. The largest absolute Gasteiger partial charge is 0.316 e. The second-order valence-corrected chi connectivity index (χ2v) is 5.40. The van der Waals surface area contributed by atoms with Crippen LogP contribution in [0.25, 0.3) is 0 Å². The molecule has 1 N–H and O–H groups in total. The molecule has 1 aromatic rings. The molecule has 18 heavy (non-hydrogen) atoms. The van der Waals surface area contributed by atoms with Gasteiger partial charge in [0.05, 0.1) is 0 Å². The van der Waals surface area contributed by atoms with Crippen LogP contribution in [0.3, 0.4) is 0 Å². The zero-order valence-electron chi connectivity index (χ0n) is 12.3. The summed E-state index contributed by atoms with van der Waals surface area (Å²) in [6.45, 7) is 12.0. The summed E-state index contributed by atoms with van der Waals surface area (Å²) in [4.78, 5) is 4.39. The summed E-state index contributed by atoms with van der Waals surface area (Å²) in [5, 5.41) is 7.78. The molecule has 4 nitrogen and oxygen atoms in total. The van der Waals surface area contributed by atoms with Crippen molar-refractivity contribution in [3.8, 4) is 0 Å². The van der Waals surface area contributed by atoms with Gasteiger partial charge in [-0.15, -0.1) is 0 Å². The Kier molecular flexibility index (Phi) is 6.94. The van der Waals surface area contributed by atoms with Gasteiger partial charge in [-0.1, -0.05) is 20.8 Å². The maximum atomic E-state index is 4.39. The Bertz CT molecular complexity index is 319. The van der Waals surface area contributed by atoms with Crippen LogP contribution in [-0.2, 0) is 13.0 Å². The number of rotatable bonds is 9. The highest BCUT2D eigenvalue weighted by molar-refractivity contribution is 4.88. The van der Waals surface area contributed by atoms with Gasteiger partial charge in [0.2, 0.25) is 0 Å². The van der Waals surface area contributed by atoms with E-state index in [0.29, 0.717) is 5.92 Å². The molecule has 0 radical (unpaired) electrons. The van der Waals surface area contributed by atoms with Crippen molar-refractivity contribution in [2.45, 2.75) is 53.5 Å². The van der Waals surface area contributed by atoms with E-state index in [1.807, 2.05) is 4.68 Å². The van der Waals surface area contributed by atoms with Gasteiger partial charge in [0.1, 0.15) is 12.2 Å². The molecule has 1 atom stereocenters. The normalized spacial score (nSPS) is 13.2. The maximum Gasteiger partial charge on any atom is 0.138 e. The topological polar surface area (TPSA) is 42.7 Å². The molecular weight excluding hydrogens is 224 g/mol. The molecule has 0 aromatic carbocycles. The minimum Gasteiger partial charge on any atom is -0.316 e.